The zero-order valence-electron chi connectivity index (χ0n) is 14.4. The molecule has 1 heterocycles. The summed E-state index contributed by atoms with van der Waals surface area (Å²) in [5.74, 6) is 0. The molecule has 0 saturated heterocycles. The van der Waals surface area contributed by atoms with Crippen LogP contribution in [-0.2, 0) is 17.9 Å². The number of likely N-dealkylation sites (N-methyl/N-ethyl adjacent to an activating group) is 1. The molecule has 24 heavy (non-hydrogen) atoms. The third-order valence-electron chi connectivity index (χ3n) is 3.74. The third-order valence-corrected chi connectivity index (χ3v) is 4.71. The molecular weight excluding hydrogens is 322 g/mol. The van der Waals surface area contributed by atoms with Gasteiger partial charge in [-0.2, -0.15) is 0 Å². The molecular formula is C18H25N3O2S. The van der Waals surface area contributed by atoms with Crippen molar-refractivity contribution in [3.63, 3.8) is 0 Å². The predicted molar refractivity (Wildman–Crippen MR) is 98.1 cm³/mol. The molecule has 1 atom stereocenters. The second kappa shape index (κ2) is 9.42. The molecule has 0 bridgehead atoms. The minimum absolute atomic E-state index is 0.153. The molecule has 0 saturated carbocycles. The standard InChI is InChI=1S/C18H25N3O2S/c1-21(2)16(17-5-4-10-24-17)12-20-18(22)19-11-14-6-8-15(9-7-14)13-23-3/h4-10,16H,11-13H2,1-3H3,(H2,19,20,22)/t16-/m0/s1. The highest BCUT2D eigenvalue weighted by Crippen LogP contribution is 2.22. The molecule has 5 nitrogen and oxygen atoms in total. The van der Waals surface area contributed by atoms with Gasteiger partial charge in [0.15, 0.2) is 0 Å². The molecule has 130 valence electrons. The van der Waals surface area contributed by atoms with E-state index in [1.165, 1.54) is 4.88 Å². The van der Waals surface area contributed by atoms with Crippen molar-refractivity contribution in [3.8, 4) is 0 Å². The number of thiophene rings is 1. The van der Waals surface area contributed by atoms with Crippen molar-refractivity contribution < 1.29 is 9.53 Å². The molecule has 2 rings (SSSR count). The Labute approximate surface area is 147 Å². The van der Waals surface area contributed by atoms with Gasteiger partial charge in [0.1, 0.15) is 0 Å². The first kappa shape index (κ1) is 18.4. The molecule has 0 aliphatic rings. The molecule has 2 amide bonds. The van der Waals surface area contributed by atoms with E-state index in [0.29, 0.717) is 19.7 Å². The van der Waals surface area contributed by atoms with Gasteiger partial charge in [-0.15, -0.1) is 11.3 Å². The third kappa shape index (κ3) is 5.63. The lowest BCUT2D eigenvalue weighted by atomic mass is 10.1. The van der Waals surface area contributed by atoms with E-state index < -0.39 is 0 Å². The highest BCUT2D eigenvalue weighted by atomic mass is 32.1. The summed E-state index contributed by atoms with van der Waals surface area (Å²) in [5, 5.41) is 7.90. The van der Waals surface area contributed by atoms with E-state index in [1.54, 1.807) is 18.4 Å². The monoisotopic (exact) mass is 347 g/mol. The van der Waals surface area contributed by atoms with Crippen LogP contribution in [-0.4, -0.2) is 38.7 Å². The number of ether oxygens (including phenoxy) is 1. The van der Waals surface area contributed by atoms with Crippen LogP contribution >= 0.6 is 11.3 Å². The first-order valence-electron chi connectivity index (χ1n) is 7.88. The minimum atomic E-state index is -0.153. The van der Waals surface area contributed by atoms with Gasteiger partial charge in [0.2, 0.25) is 0 Å². The van der Waals surface area contributed by atoms with Gasteiger partial charge in [0, 0.05) is 25.1 Å². The Morgan fingerprint density at radius 1 is 1.17 bits per heavy atom. The van der Waals surface area contributed by atoms with Crippen LogP contribution in [0.3, 0.4) is 0 Å². The van der Waals surface area contributed by atoms with Gasteiger partial charge in [-0.1, -0.05) is 30.3 Å². The Balaban J connectivity index is 1.78. The van der Waals surface area contributed by atoms with E-state index in [1.807, 2.05) is 44.4 Å². The summed E-state index contributed by atoms with van der Waals surface area (Å²) < 4.78 is 5.09. The predicted octanol–water partition coefficient (Wildman–Crippen LogP) is 3.00. The number of benzene rings is 1. The van der Waals surface area contributed by atoms with Crippen molar-refractivity contribution in [2.75, 3.05) is 27.7 Å². The number of urea groups is 1. The van der Waals surface area contributed by atoms with Gasteiger partial charge in [-0.3, -0.25) is 0 Å². The molecule has 1 aromatic carbocycles. The van der Waals surface area contributed by atoms with Gasteiger partial charge in [-0.25, -0.2) is 4.79 Å². The summed E-state index contributed by atoms with van der Waals surface area (Å²) in [4.78, 5) is 15.4. The smallest absolute Gasteiger partial charge is 0.315 e. The SMILES string of the molecule is COCc1ccc(CNC(=O)NC[C@@H](c2cccs2)N(C)C)cc1. The van der Waals surface area contributed by atoms with Crippen LogP contribution in [0.4, 0.5) is 4.79 Å². The van der Waals surface area contributed by atoms with Gasteiger partial charge in [-0.05, 0) is 36.7 Å². The first-order chi connectivity index (χ1) is 11.6. The average molecular weight is 347 g/mol. The molecule has 2 aromatic rings. The molecule has 6 heteroatoms. The molecule has 2 N–H and O–H groups in total. The summed E-state index contributed by atoms with van der Waals surface area (Å²) in [5.41, 5.74) is 2.18. The number of hydrogen-bond donors (Lipinski definition) is 2. The lowest BCUT2D eigenvalue weighted by molar-refractivity contribution is 0.185. The molecule has 0 fully saturated rings. The zero-order valence-corrected chi connectivity index (χ0v) is 15.2. The Morgan fingerprint density at radius 2 is 1.88 bits per heavy atom. The summed E-state index contributed by atoms with van der Waals surface area (Å²) in [7, 11) is 5.72. The van der Waals surface area contributed by atoms with Crippen molar-refractivity contribution in [3.05, 3.63) is 57.8 Å². The van der Waals surface area contributed by atoms with E-state index in [2.05, 4.69) is 27.0 Å². The second-order valence-corrected chi connectivity index (χ2v) is 6.79. The van der Waals surface area contributed by atoms with Crippen molar-refractivity contribution in [2.24, 2.45) is 0 Å². The number of rotatable bonds is 8. The van der Waals surface area contributed by atoms with Gasteiger partial charge >= 0.3 is 6.03 Å². The zero-order chi connectivity index (χ0) is 17.4. The maximum atomic E-state index is 12.0. The van der Waals surface area contributed by atoms with Crippen LogP contribution in [0.1, 0.15) is 22.0 Å². The highest BCUT2D eigenvalue weighted by molar-refractivity contribution is 7.10. The lowest BCUT2D eigenvalue weighted by Crippen LogP contribution is -2.40. The second-order valence-electron chi connectivity index (χ2n) is 5.81. The number of amides is 2. The van der Waals surface area contributed by atoms with Crippen LogP contribution in [0.5, 0.6) is 0 Å². The number of hydrogen-bond acceptors (Lipinski definition) is 4. The summed E-state index contributed by atoms with van der Waals surface area (Å²) in [6, 6.07) is 12.2. The molecule has 0 aliphatic heterocycles. The van der Waals surface area contributed by atoms with Crippen LogP contribution in [0.2, 0.25) is 0 Å². The Bertz CT molecular complexity index is 612. The normalized spacial score (nSPS) is 12.2. The van der Waals surface area contributed by atoms with E-state index in [9.17, 15) is 4.79 Å². The minimum Gasteiger partial charge on any atom is -0.380 e. The van der Waals surface area contributed by atoms with E-state index >= 15 is 0 Å². The molecule has 0 radical (unpaired) electrons. The van der Waals surface area contributed by atoms with Gasteiger partial charge < -0.3 is 20.3 Å². The number of carbonyl (C=O) groups is 1. The van der Waals surface area contributed by atoms with E-state index in [-0.39, 0.29) is 12.1 Å². The highest BCUT2D eigenvalue weighted by Gasteiger charge is 2.15. The van der Waals surface area contributed by atoms with Crippen LogP contribution in [0.25, 0.3) is 0 Å². The molecule has 1 aromatic heterocycles. The number of nitrogens with zero attached hydrogens (tertiary/aromatic N) is 1. The summed E-state index contributed by atoms with van der Waals surface area (Å²) >= 11 is 1.70. The average Bonchev–Trinajstić information content (AvgIpc) is 3.08. The Kier molecular flexibility index (Phi) is 7.24. The fraction of sp³-hybridized carbons (Fsp3) is 0.389. The van der Waals surface area contributed by atoms with Crippen molar-refractivity contribution in [1.82, 2.24) is 15.5 Å². The Morgan fingerprint density at radius 3 is 2.46 bits per heavy atom. The lowest BCUT2D eigenvalue weighted by Gasteiger charge is -2.23. The quantitative estimate of drug-likeness (QED) is 0.772. The van der Waals surface area contributed by atoms with Crippen molar-refractivity contribution in [1.29, 1.82) is 0 Å². The number of methoxy groups -OCH3 is 1. The Hall–Kier alpha value is -1.89. The van der Waals surface area contributed by atoms with Crippen molar-refractivity contribution in [2.45, 2.75) is 19.2 Å². The first-order valence-corrected chi connectivity index (χ1v) is 8.76. The van der Waals surface area contributed by atoms with Crippen LogP contribution in [0.15, 0.2) is 41.8 Å². The summed E-state index contributed by atoms with van der Waals surface area (Å²) in [6.07, 6.45) is 0. The van der Waals surface area contributed by atoms with Gasteiger partial charge in [0.05, 0.1) is 12.6 Å². The maximum Gasteiger partial charge on any atom is 0.315 e. The van der Waals surface area contributed by atoms with Gasteiger partial charge in [0.25, 0.3) is 0 Å². The maximum absolute atomic E-state index is 12.0. The molecule has 0 spiro atoms. The molecule has 0 unspecified atom stereocenters. The topological polar surface area (TPSA) is 53.6 Å². The number of nitrogens with one attached hydrogen (secondary N) is 2. The largest absolute Gasteiger partial charge is 0.380 e. The van der Waals surface area contributed by atoms with Crippen molar-refractivity contribution >= 4 is 17.4 Å². The van der Waals surface area contributed by atoms with Crippen LogP contribution in [0, 0.1) is 0 Å². The fourth-order valence-electron chi connectivity index (χ4n) is 2.37. The number of carbonyl (C=O) groups excluding carboxylic acids is 1. The summed E-state index contributed by atoms with van der Waals surface area (Å²) in [6.45, 7) is 1.68. The molecule has 0 aliphatic carbocycles. The van der Waals surface area contributed by atoms with Crippen LogP contribution < -0.4 is 10.6 Å². The van der Waals surface area contributed by atoms with E-state index in [4.69, 9.17) is 4.74 Å². The van der Waals surface area contributed by atoms with E-state index in [0.717, 1.165) is 11.1 Å². The fourth-order valence-corrected chi connectivity index (χ4v) is 3.30.